The lowest BCUT2D eigenvalue weighted by Crippen LogP contribution is -2.22. The van der Waals surface area contributed by atoms with E-state index in [1.807, 2.05) is 6.07 Å². The number of rotatable bonds is 7. The van der Waals surface area contributed by atoms with E-state index < -0.39 is 6.36 Å². The zero-order valence-electron chi connectivity index (χ0n) is 16.1. The van der Waals surface area contributed by atoms with Gasteiger partial charge in [0, 0.05) is 23.8 Å². The third-order valence-corrected chi connectivity index (χ3v) is 3.87. The van der Waals surface area contributed by atoms with Gasteiger partial charge >= 0.3 is 6.36 Å². The van der Waals surface area contributed by atoms with Gasteiger partial charge in [-0.1, -0.05) is 12.1 Å². The van der Waals surface area contributed by atoms with Crippen molar-refractivity contribution in [1.29, 1.82) is 0 Å². The van der Waals surface area contributed by atoms with Gasteiger partial charge in [0.1, 0.15) is 12.3 Å². The molecule has 0 aliphatic heterocycles. The Labute approximate surface area is 175 Å². The molecule has 3 rings (SSSR count). The van der Waals surface area contributed by atoms with Crippen molar-refractivity contribution in [3.63, 3.8) is 0 Å². The maximum absolute atomic E-state index is 12.2. The van der Waals surface area contributed by atoms with E-state index >= 15 is 0 Å². The number of aliphatic imine (C=N–C) groups is 1. The van der Waals surface area contributed by atoms with Crippen LogP contribution in [0.4, 0.5) is 24.5 Å². The highest BCUT2D eigenvalue weighted by Crippen LogP contribution is 2.23. The number of amides is 1. The van der Waals surface area contributed by atoms with Crippen LogP contribution in [0.3, 0.4) is 0 Å². The van der Waals surface area contributed by atoms with E-state index in [1.165, 1.54) is 28.9 Å². The molecule has 1 heterocycles. The number of nitrogens with zero attached hydrogens (tertiary/aromatic N) is 3. The summed E-state index contributed by atoms with van der Waals surface area (Å²) in [5, 5.41) is 9.55. The van der Waals surface area contributed by atoms with E-state index in [4.69, 9.17) is 5.73 Å². The molecule has 0 aliphatic carbocycles. The normalized spacial score (nSPS) is 11.8. The number of halogens is 3. The predicted octanol–water partition coefficient (Wildman–Crippen LogP) is 3.35. The third-order valence-electron chi connectivity index (χ3n) is 3.87. The standard InChI is InChI=1S/C20H19F3N6O2/c21-20(22,23)31-17-7-5-15(6-8-17)28-19(24)25-12-14-3-1-4-16(11-14)27-18(30)13-29-10-2-9-26-29/h1-11H,12-13H2,(H,27,30)(H3,24,25,28). The van der Waals surface area contributed by atoms with Crippen molar-refractivity contribution < 1.29 is 22.7 Å². The van der Waals surface area contributed by atoms with E-state index in [-0.39, 0.29) is 30.7 Å². The van der Waals surface area contributed by atoms with Crippen LogP contribution in [-0.4, -0.2) is 28.0 Å². The molecule has 0 saturated heterocycles. The maximum atomic E-state index is 12.2. The molecule has 3 aromatic rings. The van der Waals surface area contributed by atoms with E-state index in [9.17, 15) is 18.0 Å². The lowest BCUT2D eigenvalue weighted by Gasteiger charge is -2.10. The summed E-state index contributed by atoms with van der Waals surface area (Å²) in [5.74, 6) is -0.471. The number of anilines is 2. The molecule has 31 heavy (non-hydrogen) atoms. The lowest BCUT2D eigenvalue weighted by molar-refractivity contribution is -0.274. The number of ether oxygens (including phenoxy) is 1. The summed E-state index contributed by atoms with van der Waals surface area (Å²) in [7, 11) is 0. The van der Waals surface area contributed by atoms with Crippen LogP contribution >= 0.6 is 0 Å². The van der Waals surface area contributed by atoms with Gasteiger partial charge in [0.05, 0.1) is 6.54 Å². The highest BCUT2D eigenvalue weighted by Gasteiger charge is 2.30. The number of benzene rings is 2. The molecule has 0 atom stereocenters. The van der Waals surface area contributed by atoms with Crippen LogP contribution in [0.2, 0.25) is 0 Å². The van der Waals surface area contributed by atoms with Crippen molar-refractivity contribution in [2.24, 2.45) is 10.7 Å². The molecule has 1 amide bonds. The Balaban J connectivity index is 1.53. The molecule has 0 radical (unpaired) electrons. The number of carbonyl (C=O) groups excluding carboxylic acids is 1. The van der Waals surface area contributed by atoms with Crippen molar-refractivity contribution >= 4 is 23.2 Å². The summed E-state index contributed by atoms with van der Waals surface area (Å²) >= 11 is 0. The summed E-state index contributed by atoms with van der Waals surface area (Å²) in [4.78, 5) is 16.3. The van der Waals surface area contributed by atoms with E-state index in [2.05, 4.69) is 25.5 Å². The van der Waals surface area contributed by atoms with Crippen molar-refractivity contribution in [2.75, 3.05) is 10.6 Å². The van der Waals surface area contributed by atoms with Gasteiger partial charge in [-0.15, -0.1) is 13.2 Å². The minimum atomic E-state index is -4.75. The minimum Gasteiger partial charge on any atom is -0.406 e. The van der Waals surface area contributed by atoms with Crippen LogP contribution in [0, 0.1) is 0 Å². The van der Waals surface area contributed by atoms with E-state index in [0.29, 0.717) is 11.4 Å². The zero-order valence-corrected chi connectivity index (χ0v) is 16.1. The molecule has 0 unspecified atom stereocenters. The molecular weight excluding hydrogens is 413 g/mol. The van der Waals surface area contributed by atoms with Gasteiger partial charge in [0.2, 0.25) is 5.91 Å². The van der Waals surface area contributed by atoms with Gasteiger partial charge in [0.25, 0.3) is 0 Å². The monoisotopic (exact) mass is 432 g/mol. The van der Waals surface area contributed by atoms with Crippen molar-refractivity contribution in [3.8, 4) is 5.75 Å². The Hall–Kier alpha value is -4.02. The van der Waals surface area contributed by atoms with Gasteiger partial charge in [-0.25, -0.2) is 4.99 Å². The second-order valence-corrected chi connectivity index (χ2v) is 6.35. The summed E-state index contributed by atoms with van der Waals surface area (Å²) in [6.45, 7) is 0.329. The molecule has 1 aromatic heterocycles. The molecule has 4 N–H and O–H groups in total. The van der Waals surface area contributed by atoms with Gasteiger partial charge < -0.3 is 21.1 Å². The minimum absolute atomic E-state index is 0.0811. The van der Waals surface area contributed by atoms with Gasteiger partial charge in [-0.2, -0.15) is 5.10 Å². The fourth-order valence-corrected chi connectivity index (χ4v) is 2.59. The first-order valence-corrected chi connectivity index (χ1v) is 9.06. The lowest BCUT2D eigenvalue weighted by atomic mass is 10.2. The molecule has 0 saturated carbocycles. The highest BCUT2D eigenvalue weighted by molar-refractivity contribution is 5.92. The Kier molecular flexibility index (Phi) is 6.75. The third kappa shape index (κ3) is 7.38. The van der Waals surface area contributed by atoms with Crippen LogP contribution in [0.15, 0.2) is 72.0 Å². The van der Waals surface area contributed by atoms with Gasteiger partial charge in [-0.05, 0) is 48.0 Å². The van der Waals surface area contributed by atoms with Crippen LogP contribution < -0.4 is 21.1 Å². The SMILES string of the molecule is NC(=NCc1cccc(NC(=O)Cn2cccn2)c1)Nc1ccc(OC(F)(F)F)cc1. The molecule has 0 bridgehead atoms. The number of guanidine groups is 1. The maximum Gasteiger partial charge on any atom is 0.573 e. The van der Waals surface area contributed by atoms with Crippen LogP contribution in [0.1, 0.15) is 5.56 Å². The number of nitrogens with one attached hydrogen (secondary N) is 2. The van der Waals surface area contributed by atoms with Gasteiger partial charge in [0.15, 0.2) is 5.96 Å². The zero-order chi connectivity index (χ0) is 22.3. The summed E-state index contributed by atoms with van der Waals surface area (Å²) in [6.07, 6.45) is -1.46. The largest absolute Gasteiger partial charge is 0.573 e. The first-order chi connectivity index (χ1) is 14.8. The highest BCUT2D eigenvalue weighted by atomic mass is 19.4. The number of alkyl halides is 3. The average molecular weight is 432 g/mol. The number of nitrogens with two attached hydrogens (primary N) is 1. The first-order valence-electron chi connectivity index (χ1n) is 9.06. The average Bonchev–Trinajstić information content (AvgIpc) is 3.20. The molecule has 8 nitrogen and oxygen atoms in total. The molecule has 0 fully saturated rings. The summed E-state index contributed by atoms with van der Waals surface area (Å²) in [6, 6.07) is 14.0. The fourth-order valence-electron chi connectivity index (χ4n) is 2.59. The number of aromatic nitrogens is 2. The van der Waals surface area contributed by atoms with Crippen LogP contribution in [0.25, 0.3) is 0 Å². The topological polar surface area (TPSA) is 107 Å². The number of carbonyl (C=O) groups is 1. The van der Waals surface area contributed by atoms with E-state index in [1.54, 1.807) is 36.7 Å². The first kappa shape index (κ1) is 21.7. The molecule has 162 valence electrons. The van der Waals surface area contributed by atoms with Crippen molar-refractivity contribution in [3.05, 3.63) is 72.6 Å². The Bertz CT molecular complexity index is 1030. The Morgan fingerprint density at radius 2 is 1.87 bits per heavy atom. The summed E-state index contributed by atoms with van der Waals surface area (Å²) < 4.78 is 41.9. The molecule has 2 aromatic carbocycles. The van der Waals surface area contributed by atoms with Crippen molar-refractivity contribution in [2.45, 2.75) is 19.5 Å². The van der Waals surface area contributed by atoms with E-state index in [0.717, 1.165) is 5.56 Å². The Morgan fingerprint density at radius 1 is 1.10 bits per heavy atom. The van der Waals surface area contributed by atoms with Crippen LogP contribution in [0.5, 0.6) is 5.75 Å². The quantitative estimate of drug-likeness (QED) is 0.392. The van der Waals surface area contributed by atoms with Crippen LogP contribution in [-0.2, 0) is 17.9 Å². The molecule has 0 aliphatic rings. The molecule has 11 heteroatoms. The van der Waals surface area contributed by atoms with Gasteiger partial charge in [-0.3, -0.25) is 9.48 Å². The molecule has 0 spiro atoms. The van der Waals surface area contributed by atoms with Crippen molar-refractivity contribution in [1.82, 2.24) is 9.78 Å². The Morgan fingerprint density at radius 3 is 2.55 bits per heavy atom. The summed E-state index contributed by atoms with van der Waals surface area (Å²) in [5.41, 5.74) is 7.70. The predicted molar refractivity (Wildman–Crippen MR) is 109 cm³/mol. The smallest absolute Gasteiger partial charge is 0.406 e. The number of hydrogen-bond acceptors (Lipinski definition) is 4. The second kappa shape index (κ2) is 9.65. The molecular formula is C20H19F3N6O2. The second-order valence-electron chi connectivity index (χ2n) is 6.35. The fraction of sp³-hybridized carbons (Fsp3) is 0.150. The number of hydrogen-bond donors (Lipinski definition) is 3.